The van der Waals surface area contributed by atoms with Gasteiger partial charge in [0.15, 0.2) is 0 Å². The molecule has 2 aromatic carbocycles. The highest BCUT2D eigenvalue weighted by atomic mass is 35.5. The molecule has 0 heterocycles. The van der Waals surface area contributed by atoms with Crippen molar-refractivity contribution in [2.75, 3.05) is 11.3 Å². The van der Waals surface area contributed by atoms with Crippen molar-refractivity contribution in [2.24, 2.45) is 0 Å². The Bertz CT molecular complexity index is 699. The molecule has 0 saturated carbocycles. The number of benzene rings is 2. The summed E-state index contributed by atoms with van der Waals surface area (Å²) in [5.41, 5.74) is 1.47. The van der Waals surface area contributed by atoms with Gasteiger partial charge in [-0.25, -0.2) is 8.42 Å². The molecule has 0 aliphatic carbocycles. The molecule has 0 spiro atoms. The quantitative estimate of drug-likeness (QED) is 0.857. The zero-order chi connectivity index (χ0) is 15.3. The van der Waals surface area contributed by atoms with Gasteiger partial charge in [0.1, 0.15) is 0 Å². The molecule has 0 amide bonds. The SMILES string of the molecule is O=S(=O)(Nc1cccc(CCCO)c1)c1ccc(Cl)cc1. The Hall–Kier alpha value is -1.56. The molecule has 0 atom stereocenters. The standard InChI is InChI=1S/C15H16ClNO3S/c16-13-6-8-15(9-7-13)21(19,20)17-14-5-1-3-12(11-14)4-2-10-18/h1,3,5-9,11,17-18H,2,4,10H2. The fraction of sp³-hybridized carbons (Fsp3) is 0.200. The number of aryl methyl sites for hydroxylation is 1. The lowest BCUT2D eigenvalue weighted by molar-refractivity contribution is 0.288. The number of nitrogens with one attached hydrogen (secondary N) is 1. The third-order valence-corrected chi connectivity index (χ3v) is 4.58. The maximum atomic E-state index is 12.2. The second-order valence-electron chi connectivity index (χ2n) is 4.59. The van der Waals surface area contributed by atoms with Crippen LogP contribution in [0, 0.1) is 0 Å². The van der Waals surface area contributed by atoms with Crippen LogP contribution in [0.2, 0.25) is 5.02 Å². The largest absolute Gasteiger partial charge is 0.396 e. The van der Waals surface area contributed by atoms with E-state index in [1.807, 2.05) is 6.07 Å². The van der Waals surface area contributed by atoms with Crippen LogP contribution in [0.3, 0.4) is 0 Å². The molecule has 0 fully saturated rings. The first-order valence-corrected chi connectivity index (χ1v) is 8.35. The van der Waals surface area contributed by atoms with Gasteiger partial charge in [-0.15, -0.1) is 0 Å². The van der Waals surface area contributed by atoms with Crippen molar-refractivity contribution >= 4 is 27.3 Å². The van der Waals surface area contributed by atoms with Gasteiger partial charge in [-0.1, -0.05) is 23.7 Å². The molecule has 2 N–H and O–H groups in total. The predicted octanol–water partition coefficient (Wildman–Crippen LogP) is 3.07. The lowest BCUT2D eigenvalue weighted by Gasteiger charge is -2.09. The summed E-state index contributed by atoms with van der Waals surface area (Å²) < 4.78 is 27.0. The molecule has 0 aliphatic rings. The summed E-state index contributed by atoms with van der Waals surface area (Å²) in [6, 6.07) is 13.1. The fourth-order valence-corrected chi connectivity index (χ4v) is 3.08. The van der Waals surface area contributed by atoms with Crippen LogP contribution in [0.4, 0.5) is 5.69 Å². The molecule has 0 radical (unpaired) electrons. The van der Waals surface area contributed by atoms with E-state index in [0.29, 0.717) is 23.6 Å². The van der Waals surface area contributed by atoms with E-state index in [9.17, 15) is 8.42 Å². The Balaban J connectivity index is 2.18. The molecule has 2 aromatic rings. The number of halogens is 1. The van der Waals surface area contributed by atoms with Gasteiger partial charge in [0.2, 0.25) is 0 Å². The van der Waals surface area contributed by atoms with Gasteiger partial charge in [0.05, 0.1) is 4.90 Å². The first kappa shape index (κ1) is 15.8. The van der Waals surface area contributed by atoms with Gasteiger partial charge in [-0.05, 0) is 54.8 Å². The Kier molecular flexibility index (Phi) is 5.22. The molecule has 4 nitrogen and oxygen atoms in total. The summed E-state index contributed by atoms with van der Waals surface area (Å²) in [6.07, 6.45) is 1.35. The van der Waals surface area contributed by atoms with Crippen molar-refractivity contribution in [1.29, 1.82) is 0 Å². The van der Waals surface area contributed by atoms with E-state index in [-0.39, 0.29) is 11.5 Å². The molecular weight excluding hydrogens is 310 g/mol. The minimum Gasteiger partial charge on any atom is -0.396 e. The summed E-state index contributed by atoms with van der Waals surface area (Å²) in [4.78, 5) is 0.160. The predicted molar refractivity (Wildman–Crippen MR) is 84.1 cm³/mol. The lowest BCUT2D eigenvalue weighted by atomic mass is 10.1. The second kappa shape index (κ2) is 6.93. The maximum absolute atomic E-state index is 12.2. The van der Waals surface area contributed by atoms with Gasteiger partial charge in [0.25, 0.3) is 10.0 Å². The fourth-order valence-electron chi connectivity index (χ4n) is 1.90. The van der Waals surface area contributed by atoms with Crippen LogP contribution in [-0.2, 0) is 16.4 Å². The average Bonchev–Trinajstić information content (AvgIpc) is 2.45. The first-order chi connectivity index (χ1) is 10.0. The minimum absolute atomic E-state index is 0.112. The third-order valence-electron chi connectivity index (χ3n) is 2.93. The van der Waals surface area contributed by atoms with E-state index in [1.165, 1.54) is 24.3 Å². The van der Waals surface area contributed by atoms with Gasteiger partial charge in [-0.3, -0.25) is 4.72 Å². The van der Waals surface area contributed by atoms with Gasteiger partial charge >= 0.3 is 0 Å². The number of anilines is 1. The van der Waals surface area contributed by atoms with Crippen molar-refractivity contribution in [3.8, 4) is 0 Å². The van der Waals surface area contributed by atoms with Gasteiger partial charge in [0, 0.05) is 17.3 Å². The number of aliphatic hydroxyl groups excluding tert-OH is 1. The normalized spacial score (nSPS) is 11.3. The number of hydrogen-bond donors (Lipinski definition) is 2. The summed E-state index contributed by atoms with van der Waals surface area (Å²) in [5.74, 6) is 0. The van der Waals surface area contributed by atoms with Gasteiger partial charge in [-0.2, -0.15) is 0 Å². The summed E-state index contributed by atoms with van der Waals surface area (Å²) in [6.45, 7) is 0.112. The van der Waals surface area contributed by atoms with Crippen molar-refractivity contribution in [1.82, 2.24) is 0 Å². The third kappa shape index (κ3) is 4.46. The maximum Gasteiger partial charge on any atom is 0.261 e. The number of hydrogen-bond acceptors (Lipinski definition) is 3. The first-order valence-electron chi connectivity index (χ1n) is 6.49. The molecule has 112 valence electrons. The summed E-state index contributed by atoms with van der Waals surface area (Å²) in [5, 5.41) is 9.32. The molecule has 0 saturated heterocycles. The number of aliphatic hydroxyl groups is 1. The van der Waals surface area contributed by atoms with Crippen LogP contribution in [0.1, 0.15) is 12.0 Å². The Morgan fingerprint density at radius 1 is 1.10 bits per heavy atom. The minimum atomic E-state index is -3.63. The van der Waals surface area contributed by atoms with Crippen molar-refractivity contribution in [3.63, 3.8) is 0 Å². The van der Waals surface area contributed by atoms with E-state index < -0.39 is 10.0 Å². The second-order valence-corrected chi connectivity index (χ2v) is 6.71. The molecule has 0 aromatic heterocycles. The Labute approximate surface area is 129 Å². The molecule has 21 heavy (non-hydrogen) atoms. The van der Waals surface area contributed by atoms with Gasteiger partial charge < -0.3 is 5.11 Å². The summed E-state index contributed by atoms with van der Waals surface area (Å²) in [7, 11) is -3.63. The van der Waals surface area contributed by atoms with Crippen LogP contribution in [0.5, 0.6) is 0 Å². The Morgan fingerprint density at radius 2 is 1.81 bits per heavy atom. The monoisotopic (exact) mass is 325 g/mol. The highest BCUT2D eigenvalue weighted by molar-refractivity contribution is 7.92. The molecule has 0 aliphatic heterocycles. The van der Waals surface area contributed by atoms with E-state index >= 15 is 0 Å². The molecule has 6 heteroatoms. The number of sulfonamides is 1. The highest BCUT2D eigenvalue weighted by Crippen LogP contribution is 2.19. The lowest BCUT2D eigenvalue weighted by Crippen LogP contribution is -2.12. The summed E-state index contributed by atoms with van der Waals surface area (Å²) >= 11 is 5.76. The van der Waals surface area contributed by atoms with E-state index in [1.54, 1.807) is 18.2 Å². The number of rotatable bonds is 6. The highest BCUT2D eigenvalue weighted by Gasteiger charge is 2.13. The molecular formula is C15H16ClNO3S. The van der Waals surface area contributed by atoms with E-state index in [0.717, 1.165) is 5.56 Å². The van der Waals surface area contributed by atoms with Crippen LogP contribution < -0.4 is 4.72 Å². The Morgan fingerprint density at radius 3 is 2.48 bits per heavy atom. The molecule has 0 unspecified atom stereocenters. The zero-order valence-electron chi connectivity index (χ0n) is 11.3. The average molecular weight is 326 g/mol. The van der Waals surface area contributed by atoms with Crippen molar-refractivity contribution in [2.45, 2.75) is 17.7 Å². The molecule has 2 rings (SSSR count). The van der Waals surface area contributed by atoms with E-state index in [4.69, 9.17) is 16.7 Å². The molecule has 0 bridgehead atoms. The van der Waals surface area contributed by atoms with Crippen LogP contribution in [-0.4, -0.2) is 20.1 Å². The van der Waals surface area contributed by atoms with E-state index in [2.05, 4.69) is 4.72 Å². The van der Waals surface area contributed by atoms with Crippen molar-refractivity contribution < 1.29 is 13.5 Å². The topological polar surface area (TPSA) is 66.4 Å². The smallest absolute Gasteiger partial charge is 0.261 e. The van der Waals surface area contributed by atoms with Crippen LogP contribution >= 0.6 is 11.6 Å². The zero-order valence-corrected chi connectivity index (χ0v) is 12.9. The van der Waals surface area contributed by atoms with Crippen LogP contribution in [0.15, 0.2) is 53.4 Å². The van der Waals surface area contributed by atoms with Crippen LogP contribution in [0.25, 0.3) is 0 Å². The van der Waals surface area contributed by atoms with Crippen molar-refractivity contribution in [3.05, 3.63) is 59.1 Å².